The van der Waals surface area contributed by atoms with Crippen LogP contribution < -0.4 is 21.3 Å². The molecule has 0 atom stereocenters. The van der Waals surface area contributed by atoms with Crippen molar-refractivity contribution < 1.29 is 62.7 Å². The molecule has 1 fully saturated rings. The van der Waals surface area contributed by atoms with E-state index in [1.165, 1.54) is 91.0 Å². The van der Waals surface area contributed by atoms with Crippen molar-refractivity contribution in [3.8, 4) is 45.0 Å². The number of aliphatic hydroxyl groups excluding tert-OH is 1. The van der Waals surface area contributed by atoms with Crippen molar-refractivity contribution in [2.75, 3.05) is 83.7 Å². The molecule has 12 aromatic rings. The summed E-state index contributed by atoms with van der Waals surface area (Å²) in [5.74, 6) is -2.34. The standard InChI is InChI=1S/C25H25Cl2N3O4S.C21H18Cl2N2O4S.C21H16Cl2N2O3S.C21H17ClN2O3S/c26-22-8-5-18(16-21(22)24-4-1-2-9-28-24)29-25(31)20-7-6-19(17-23(20)27)35(32,33)15-3-10-30-11-13-34-14-12-30;22-18-8-5-14(12-17(18)20-4-1-2-9-24-20)25-21(27)16-7-6-15(13-19(16)23)30(28,29)11-3-10-26;1-2-11-29(27,28)15-7-8-16(19(23)13-15)21(26)25-14-6-9-18(22)17(12-14)20-5-3-4-10-24-20;1-2-13-28(26,27)17-9-6-15(7-10-17)21(25)24-16-8-11-19(22)18(14-16)20-5-3-4-12-23-20/h1-2,4-9,16-17H,3,10-15H2,(H,29,31);1-2,4-9,12-13,26H,3,10-11H2,(H,25,27);2-10,12-13H,1,11H2,(H,25,26);2-12,14H,1,13H2,(H,24,25). The second-order valence-corrected chi connectivity index (χ2v) is 37.7. The molecule has 1 saturated heterocycles. The van der Waals surface area contributed by atoms with Gasteiger partial charge in [-0.25, -0.2) is 33.7 Å². The van der Waals surface area contributed by atoms with E-state index in [9.17, 15) is 52.8 Å². The number of hydrogen-bond donors (Lipinski definition) is 5. The molecule has 0 saturated carbocycles. The number of aromatic nitrogens is 4. The van der Waals surface area contributed by atoms with Crippen molar-refractivity contribution in [1.82, 2.24) is 24.8 Å². The maximum absolute atomic E-state index is 12.9. The van der Waals surface area contributed by atoms with E-state index in [1.807, 2.05) is 48.5 Å². The molecule has 0 aliphatic carbocycles. The largest absolute Gasteiger partial charge is 0.396 e. The molecule has 0 radical (unpaired) electrons. The molecule has 13 rings (SSSR count). The number of aliphatic hydroxyl groups is 1. The Morgan fingerprint density at radius 3 is 0.975 bits per heavy atom. The SMILES string of the molecule is C=CCS(=O)(=O)c1ccc(C(=O)Nc2ccc(Cl)c(-c3ccccn3)c2)c(Cl)c1.C=CCS(=O)(=O)c1ccc(C(=O)Nc2ccc(Cl)c(-c3ccccn3)c2)cc1.O=C(Nc1ccc(Cl)c(-c2ccccn2)c1)c1ccc(S(=O)(=O)CCCN2CCOCC2)cc1Cl.O=C(Nc1ccc(Cl)c(-c2ccccn2)c1)c1ccc(S(=O)(=O)CCCO)cc1Cl. The lowest BCUT2D eigenvalue weighted by molar-refractivity contribution is 0.0381. The fourth-order valence-electron chi connectivity index (χ4n) is 11.8. The van der Waals surface area contributed by atoms with Crippen molar-refractivity contribution in [2.45, 2.75) is 32.4 Å². The molecule has 0 bridgehead atoms. The molecule has 630 valence electrons. The summed E-state index contributed by atoms with van der Waals surface area (Å²) < 4.78 is 104. The molecular weight excluding hydrogens is 1780 g/mol. The third-order valence-electron chi connectivity index (χ3n) is 18.0. The number of halogens is 7. The monoisotopic (exact) mass is 1860 g/mol. The number of sulfone groups is 4. The normalized spacial score (nSPS) is 12.1. The Morgan fingerprint density at radius 2 is 0.672 bits per heavy atom. The fraction of sp³-hybridized carbons (Fsp3) is 0.136. The summed E-state index contributed by atoms with van der Waals surface area (Å²) >= 11 is 43.8. The highest BCUT2D eigenvalue weighted by Crippen LogP contribution is 2.36. The van der Waals surface area contributed by atoms with Crippen LogP contribution in [-0.4, -0.2) is 150 Å². The van der Waals surface area contributed by atoms with Crippen molar-refractivity contribution in [1.29, 1.82) is 0 Å². The third-order valence-corrected chi connectivity index (χ3v) is 27.2. The Labute approximate surface area is 741 Å². The average molecular weight is 1860 g/mol. The maximum Gasteiger partial charge on any atom is 0.257 e. The number of benzene rings is 8. The topological polar surface area (TPSA) is 337 Å². The molecule has 4 amide bonds. The zero-order valence-corrected chi connectivity index (χ0v) is 73.1. The van der Waals surface area contributed by atoms with Gasteiger partial charge in [-0.05, 0) is 220 Å². The number of amides is 4. The molecule has 122 heavy (non-hydrogen) atoms. The van der Waals surface area contributed by atoms with Crippen LogP contribution in [0, 0.1) is 0 Å². The highest BCUT2D eigenvalue weighted by atomic mass is 35.5. The fourth-order valence-corrected chi connectivity index (χ4v) is 18.4. The van der Waals surface area contributed by atoms with E-state index < -0.39 is 57.1 Å². The van der Waals surface area contributed by atoms with E-state index in [0.717, 1.165) is 13.1 Å². The number of hydrogen-bond acceptors (Lipinski definition) is 19. The first-order valence-corrected chi connectivity index (χ1v) is 46.2. The van der Waals surface area contributed by atoms with Crippen LogP contribution in [0.15, 0.2) is 294 Å². The van der Waals surface area contributed by atoms with Gasteiger partial charge in [0, 0.05) is 95.1 Å². The summed E-state index contributed by atoms with van der Waals surface area (Å²) in [6.45, 7) is 10.3. The van der Waals surface area contributed by atoms with Gasteiger partial charge in [-0.1, -0.05) is 118 Å². The number of ether oxygens (including phenoxy) is 1. The van der Waals surface area contributed by atoms with Crippen LogP contribution in [0.25, 0.3) is 45.0 Å². The van der Waals surface area contributed by atoms with Crippen LogP contribution in [0.4, 0.5) is 22.7 Å². The first kappa shape index (κ1) is 93.7. The summed E-state index contributed by atoms with van der Waals surface area (Å²) in [6, 6.07) is 59.9. The molecule has 1 aliphatic heterocycles. The number of morpholine rings is 1. The maximum atomic E-state index is 12.9. The number of anilines is 4. The van der Waals surface area contributed by atoms with Crippen molar-refractivity contribution in [3.63, 3.8) is 0 Å². The van der Waals surface area contributed by atoms with E-state index in [4.69, 9.17) is 91.0 Å². The minimum absolute atomic E-state index is 0.00133. The van der Waals surface area contributed by atoms with Gasteiger partial charge in [-0.3, -0.25) is 44.0 Å². The lowest BCUT2D eigenvalue weighted by Gasteiger charge is -2.26. The molecule has 0 spiro atoms. The molecule has 5 heterocycles. The Kier molecular flexibility index (Phi) is 33.8. The number of rotatable bonds is 27. The van der Waals surface area contributed by atoms with Gasteiger partial charge in [-0.15, -0.1) is 13.2 Å². The first-order chi connectivity index (χ1) is 58.4. The van der Waals surface area contributed by atoms with Gasteiger partial charge in [0.1, 0.15) is 0 Å². The Bertz CT molecular complexity index is 6280. The van der Waals surface area contributed by atoms with Gasteiger partial charge in [0.15, 0.2) is 39.3 Å². The molecule has 4 aromatic heterocycles. The van der Waals surface area contributed by atoms with Gasteiger partial charge in [0.2, 0.25) is 0 Å². The Balaban J connectivity index is 0.000000171. The molecule has 0 unspecified atom stereocenters. The summed E-state index contributed by atoms with van der Waals surface area (Å²) in [6.07, 6.45) is 9.88. The zero-order chi connectivity index (χ0) is 87.7. The zero-order valence-electron chi connectivity index (χ0n) is 64.5. The van der Waals surface area contributed by atoms with Crippen LogP contribution in [-0.2, 0) is 44.1 Å². The average Bonchev–Trinajstić information content (AvgIpc) is 0.361. The number of nitrogens with zero attached hydrogens (tertiary/aromatic N) is 5. The van der Waals surface area contributed by atoms with Crippen LogP contribution in [0.3, 0.4) is 0 Å². The second kappa shape index (κ2) is 44.0. The minimum Gasteiger partial charge on any atom is -0.396 e. The predicted octanol–water partition coefficient (Wildman–Crippen LogP) is 19.1. The number of carbonyl (C=O) groups is 4. The molecular formula is C88H76Cl7N9O14S4. The van der Waals surface area contributed by atoms with Crippen LogP contribution >= 0.6 is 81.2 Å². The van der Waals surface area contributed by atoms with E-state index in [2.05, 4.69) is 59.3 Å². The quantitative estimate of drug-likeness (QED) is 0.0299. The molecule has 23 nitrogen and oxygen atoms in total. The first-order valence-electron chi connectivity index (χ1n) is 37.0. The van der Waals surface area contributed by atoms with Crippen molar-refractivity contribution in [3.05, 3.63) is 332 Å². The molecule has 5 N–H and O–H groups in total. The van der Waals surface area contributed by atoms with E-state index in [-0.39, 0.29) is 93.3 Å². The van der Waals surface area contributed by atoms with Crippen LogP contribution in [0.5, 0.6) is 0 Å². The summed E-state index contributed by atoms with van der Waals surface area (Å²) in [7, 11) is -14.1. The molecule has 8 aromatic carbocycles. The summed E-state index contributed by atoms with van der Waals surface area (Å²) in [4.78, 5) is 70.3. The third kappa shape index (κ3) is 26.0. The van der Waals surface area contributed by atoms with E-state index in [1.54, 1.807) is 122 Å². The van der Waals surface area contributed by atoms with Gasteiger partial charge in [0.25, 0.3) is 23.6 Å². The van der Waals surface area contributed by atoms with Crippen LogP contribution in [0.1, 0.15) is 54.3 Å². The van der Waals surface area contributed by atoms with E-state index >= 15 is 0 Å². The van der Waals surface area contributed by atoms with E-state index in [0.29, 0.717) is 120 Å². The minimum atomic E-state index is -3.59. The number of nitrogens with one attached hydrogen (secondary N) is 4. The van der Waals surface area contributed by atoms with Crippen molar-refractivity contribution >= 4 is 167 Å². The number of pyridine rings is 4. The van der Waals surface area contributed by atoms with Crippen molar-refractivity contribution in [2.24, 2.45) is 0 Å². The van der Waals surface area contributed by atoms with Gasteiger partial charge in [0.05, 0.1) is 130 Å². The summed E-state index contributed by atoms with van der Waals surface area (Å²) in [5, 5.41) is 22.0. The summed E-state index contributed by atoms with van der Waals surface area (Å²) in [5.41, 5.74) is 8.25. The number of carbonyl (C=O) groups excluding carboxylic acids is 4. The molecule has 34 heteroatoms. The van der Waals surface area contributed by atoms with Gasteiger partial charge in [-0.2, -0.15) is 0 Å². The smallest absolute Gasteiger partial charge is 0.257 e. The predicted molar refractivity (Wildman–Crippen MR) is 484 cm³/mol. The highest BCUT2D eigenvalue weighted by Gasteiger charge is 2.25. The Morgan fingerprint density at radius 1 is 0.369 bits per heavy atom. The highest BCUT2D eigenvalue weighted by molar-refractivity contribution is 7.92. The lowest BCUT2D eigenvalue weighted by Crippen LogP contribution is -2.37. The lowest BCUT2D eigenvalue weighted by atomic mass is 10.1. The van der Waals surface area contributed by atoms with Crippen LogP contribution in [0.2, 0.25) is 35.2 Å². The Hall–Kier alpha value is -10.6. The molecule has 1 aliphatic rings. The van der Waals surface area contributed by atoms with Gasteiger partial charge >= 0.3 is 0 Å². The second-order valence-electron chi connectivity index (χ2n) is 26.6. The van der Waals surface area contributed by atoms with Gasteiger partial charge < -0.3 is 31.1 Å².